The molecule has 0 radical (unpaired) electrons. The predicted octanol–water partition coefficient (Wildman–Crippen LogP) is 5.94. The second kappa shape index (κ2) is 9.13. The molecule has 0 spiro atoms. The van der Waals surface area contributed by atoms with Gasteiger partial charge >= 0.3 is 0 Å². The second-order valence-electron chi connectivity index (χ2n) is 5.60. The molecular formula is C20H16Cl2N2O2S. The lowest BCUT2D eigenvalue weighted by molar-refractivity contribution is 0.102. The van der Waals surface area contributed by atoms with Crippen LogP contribution in [-0.2, 0) is 5.75 Å². The number of carbonyl (C=O) groups is 1. The van der Waals surface area contributed by atoms with Gasteiger partial charge in [-0.25, -0.2) is 0 Å². The number of methoxy groups -OCH3 is 1. The quantitative estimate of drug-likeness (QED) is 0.503. The first-order chi connectivity index (χ1) is 13.1. The number of halogens is 2. The van der Waals surface area contributed by atoms with Crippen LogP contribution in [0, 0.1) is 0 Å². The average Bonchev–Trinajstić information content (AvgIpc) is 2.68. The Hall–Kier alpha value is -2.21. The molecule has 3 aromatic rings. The number of ether oxygens (including phenoxy) is 1. The van der Waals surface area contributed by atoms with Gasteiger partial charge in [-0.15, -0.1) is 11.8 Å². The molecule has 0 bridgehead atoms. The molecule has 27 heavy (non-hydrogen) atoms. The Kier molecular flexibility index (Phi) is 6.61. The van der Waals surface area contributed by atoms with Crippen molar-refractivity contribution in [1.29, 1.82) is 0 Å². The van der Waals surface area contributed by atoms with Gasteiger partial charge in [-0.1, -0.05) is 29.3 Å². The number of benzene rings is 2. The molecule has 0 saturated carbocycles. The molecule has 0 fully saturated rings. The zero-order valence-electron chi connectivity index (χ0n) is 14.4. The predicted molar refractivity (Wildman–Crippen MR) is 111 cm³/mol. The van der Waals surface area contributed by atoms with E-state index in [2.05, 4.69) is 10.3 Å². The summed E-state index contributed by atoms with van der Waals surface area (Å²) in [5, 5.41) is 3.41. The number of aromatic nitrogens is 1. The monoisotopic (exact) mass is 418 g/mol. The number of amides is 1. The van der Waals surface area contributed by atoms with Crippen molar-refractivity contribution in [3.05, 3.63) is 82.1 Å². The zero-order valence-corrected chi connectivity index (χ0v) is 16.7. The summed E-state index contributed by atoms with van der Waals surface area (Å²) in [6.07, 6.45) is 3.61. The Balaban J connectivity index is 1.63. The largest absolute Gasteiger partial charge is 0.494 e. The van der Waals surface area contributed by atoms with Crippen LogP contribution >= 0.6 is 35.0 Å². The molecule has 0 unspecified atom stereocenters. The first-order valence-corrected chi connectivity index (χ1v) is 9.77. The maximum Gasteiger partial charge on any atom is 0.255 e. The van der Waals surface area contributed by atoms with Gasteiger partial charge in [-0.05, 0) is 48.0 Å². The number of anilines is 1. The molecule has 0 atom stereocenters. The third-order valence-corrected chi connectivity index (χ3v) is 5.35. The molecule has 0 aliphatic carbocycles. The van der Waals surface area contributed by atoms with Crippen LogP contribution in [0.25, 0.3) is 0 Å². The van der Waals surface area contributed by atoms with Gasteiger partial charge in [0.15, 0.2) is 5.75 Å². The molecule has 2 aromatic carbocycles. The van der Waals surface area contributed by atoms with Crippen molar-refractivity contribution in [1.82, 2.24) is 4.98 Å². The second-order valence-corrected chi connectivity index (χ2v) is 7.46. The fourth-order valence-corrected chi connectivity index (χ4v) is 3.85. The number of hydrogen-bond acceptors (Lipinski definition) is 4. The third kappa shape index (κ3) is 5.16. The van der Waals surface area contributed by atoms with Crippen molar-refractivity contribution in [2.24, 2.45) is 0 Å². The van der Waals surface area contributed by atoms with Crippen molar-refractivity contribution < 1.29 is 9.53 Å². The summed E-state index contributed by atoms with van der Waals surface area (Å²) in [6.45, 7) is 0. The zero-order chi connectivity index (χ0) is 19.2. The number of nitrogens with zero attached hydrogens (tertiary/aromatic N) is 1. The summed E-state index contributed by atoms with van der Waals surface area (Å²) < 4.78 is 5.10. The summed E-state index contributed by atoms with van der Waals surface area (Å²) in [5.74, 6) is 0.893. The van der Waals surface area contributed by atoms with Gasteiger partial charge in [-0.3, -0.25) is 9.78 Å². The maximum atomic E-state index is 12.4. The van der Waals surface area contributed by atoms with E-state index in [0.29, 0.717) is 17.0 Å². The fraction of sp³-hybridized carbons (Fsp3) is 0.100. The molecule has 1 aromatic heterocycles. The van der Waals surface area contributed by atoms with Gasteiger partial charge in [-0.2, -0.15) is 0 Å². The number of rotatable bonds is 6. The molecule has 4 nitrogen and oxygen atoms in total. The van der Waals surface area contributed by atoms with E-state index in [9.17, 15) is 4.79 Å². The van der Waals surface area contributed by atoms with Crippen LogP contribution in [0.2, 0.25) is 10.0 Å². The lowest BCUT2D eigenvalue weighted by Gasteiger charge is -2.10. The summed E-state index contributed by atoms with van der Waals surface area (Å²) in [4.78, 5) is 17.6. The van der Waals surface area contributed by atoms with Gasteiger partial charge in [0.25, 0.3) is 5.91 Å². The molecule has 138 valence electrons. The third-order valence-electron chi connectivity index (χ3n) is 3.71. The highest BCUT2D eigenvalue weighted by Gasteiger charge is 2.13. The average molecular weight is 419 g/mol. The molecule has 7 heteroatoms. The van der Waals surface area contributed by atoms with Gasteiger partial charge in [0, 0.05) is 34.3 Å². The standard InChI is InChI=1S/C20H16Cl2N2O2S/c1-26-19-17(21)9-14(10-18(19)22)20(25)24-15-4-6-16(7-5-15)27-12-13-3-2-8-23-11-13/h2-11H,12H2,1H3,(H,24,25). The first kappa shape index (κ1) is 19.5. The van der Waals surface area contributed by atoms with E-state index in [1.54, 1.807) is 18.0 Å². The van der Waals surface area contributed by atoms with E-state index < -0.39 is 0 Å². The lowest BCUT2D eigenvalue weighted by atomic mass is 10.2. The van der Waals surface area contributed by atoms with Crippen LogP contribution in [0.1, 0.15) is 15.9 Å². The van der Waals surface area contributed by atoms with Crippen molar-refractivity contribution in [2.75, 3.05) is 12.4 Å². The maximum absolute atomic E-state index is 12.4. The molecule has 0 saturated heterocycles. The van der Waals surface area contributed by atoms with Crippen LogP contribution < -0.4 is 10.1 Å². The molecule has 0 aliphatic rings. The summed E-state index contributed by atoms with van der Waals surface area (Å²) >= 11 is 13.9. The van der Waals surface area contributed by atoms with E-state index in [1.165, 1.54) is 19.2 Å². The highest BCUT2D eigenvalue weighted by atomic mass is 35.5. The van der Waals surface area contributed by atoms with Crippen LogP contribution in [0.4, 0.5) is 5.69 Å². The molecule has 1 heterocycles. The van der Waals surface area contributed by atoms with E-state index in [-0.39, 0.29) is 16.0 Å². The van der Waals surface area contributed by atoms with Crippen LogP contribution in [0.3, 0.4) is 0 Å². The van der Waals surface area contributed by atoms with E-state index >= 15 is 0 Å². The van der Waals surface area contributed by atoms with Crippen molar-refractivity contribution >= 4 is 46.6 Å². The first-order valence-electron chi connectivity index (χ1n) is 8.03. The molecule has 1 N–H and O–H groups in total. The van der Waals surface area contributed by atoms with Crippen molar-refractivity contribution in [2.45, 2.75) is 10.6 Å². The smallest absolute Gasteiger partial charge is 0.255 e. The minimum atomic E-state index is -0.294. The Morgan fingerprint density at radius 1 is 1.15 bits per heavy atom. The van der Waals surface area contributed by atoms with Crippen molar-refractivity contribution in [3.8, 4) is 5.75 Å². The van der Waals surface area contributed by atoms with E-state index in [4.69, 9.17) is 27.9 Å². The Bertz CT molecular complexity index is 911. The highest BCUT2D eigenvalue weighted by molar-refractivity contribution is 7.98. The molecule has 1 amide bonds. The molecule has 0 aliphatic heterocycles. The van der Waals surface area contributed by atoms with E-state index in [0.717, 1.165) is 16.2 Å². The van der Waals surface area contributed by atoms with Gasteiger partial charge in [0.05, 0.1) is 17.2 Å². The minimum Gasteiger partial charge on any atom is -0.494 e. The topological polar surface area (TPSA) is 51.2 Å². The van der Waals surface area contributed by atoms with Crippen LogP contribution in [0.15, 0.2) is 65.8 Å². The highest BCUT2D eigenvalue weighted by Crippen LogP contribution is 2.34. The van der Waals surface area contributed by atoms with Gasteiger partial charge in [0.2, 0.25) is 0 Å². The van der Waals surface area contributed by atoms with Crippen LogP contribution in [0.5, 0.6) is 5.75 Å². The summed E-state index contributed by atoms with van der Waals surface area (Å²) in [6, 6.07) is 14.7. The Morgan fingerprint density at radius 2 is 1.85 bits per heavy atom. The molecule has 3 rings (SSSR count). The normalized spacial score (nSPS) is 10.5. The SMILES string of the molecule is COc1c(Cl)cc(C(=O)Nc2ccc(SCc3cccnc3)cc2)cc1Cl. The Morgan fingerprint density at radius 3 is 2.44 bits per heavy atom. The number of nitrogens with one attached hydrogen (secondary N) is 1. The van der Waals surface area contributed by atoms with Crippen molar-refractivity contribution in [3.63, 3.8) is 0 Å². The van der Waals surface area contributed by atoms with Crippen LogP contribution in [-0.4, -0.2) is 18.0 Å². The van der Waals surface area contributed by atoms with Gasteiger partial charge < -0.3 is 10.1 Å². The minimum absolute atomic E-state index is 0.289. The lowest BCUT2D eigenvalue weighted by Crippen LogP contribution is -2.12. The van der Waals surface area contributed by atoms with Gasteiger partial charge in [0.1, 0.15) is 0 Å². The number of thioether (sulfide) groups is 1. The summed E-state index contributed by atoms with van der Waals surface area (Å²) in [5.41, 5.74) is 2.21. The number of carbonyl (C=O) groups excluding carboxylic acids is 1. The van der Waals surface area contributed by atoms with E-state index in [1.807, 2.05) is 42.6 Å². The number of pyridine rings is 1. The molecular weight excluding hydrogens is 403 g/mol. The number of hydrogen-bond donors (Lipinski definition) is 1. The summed E-state index contributed by atoms with van der Waals surface area (Å²) in [7, 11) is 1.47. The Labute approximate surface area is 171 Å². The fourth-order valence-electron chi connectivity index (χ4n) is 2.37.